The van der Waals surface area contributed by atoms with Crippen molar-refractivity contribution in [2.45, 2.75) is 12.8 Å². The Bertz CT molecular complexity index is 919. The molecule has 0 spiro atoms. The number of anilines is 1. The van der Waals surface area contributed by atoms with E-state index in [-0.39, 0.29) is 17.6 Å². The van der Waals surface area contributed by atoms with Crippen molar-refractivity contribution in [3.63, 3.8) is 0 Å². The fourth-order valence-corrected chi connectivity index (χ4v) is 3.56. The third-order valence-corrected chi connectivity index (χ3v) is 4.93. The van der Waals surface area contributed by atoms with E-state index in [4.69, 9.17) is 0 Å². The highest BCUT2D eigenvalue weighted by Gasteiger charge is 2.26. The van der Waals surface area contributed by atoms with Crippen molar-refractivity contribution in [2.75, 3.05) is 5.32 Å². The minimum absolute atomic E-state index is 0.0240. The highest BCUT2D eigenvalue weighted by Crippen LogP contribution is 2.36. The van der Waals surface area contributed by atoms with Crippen molar-refractivity contribution >= 4 is 22.9 Å². The summed E-state index contributed by atoms with van der Waals surface area (Å²) in [7, 11) is 0. The van der Waals surface area contributed by atoms with Gasteiger partial charge in [-0.15, -0.1) is 11.3 Å². The maximum absolute atomic E-state index is 13.4. The first-order valence-electron chi connectivity index (χ1n) is 7.28. The molecule has 1 aliphatic heterocycles. The molecule has 3 aromatic rings. The van der Waals surface area contributed by atoms with E-state index in [0.717, 1.165) is 33.1 Å². The van der Waals surface area contributed by atoms with Crippen LogP contribution in [0.15, 0.2) is 47.8 Å². The highest BCUT2D eigenvalue weighted by molar-refractivity contribution is 7.13. The van der Waals surface area contributed by atoms with Gasteiger partial charge in [-0.1, -0.05) is 18.2 Å². The third kappa shape index (κ3) is 2.43. The maximum atomic E-state index is 13.4. The Hall–Kier alpha value is -2.53. The van der Waals surface area contributed by atoms with Gasteiger partial charge < -0.3 is 5.32 Å². The molecule has 0 unspecified atom stereocenters. The molecule has 1 amide bonds. The quantitative estimate of drug-likeness (QED) is 0.744. The van der Waals surface area contributed by atoms with Crippen molar-refractivity contribution in [3.05, 3.63) is 59.2 Å². The van der Waals surface area contributed by atoms with E-state index in [9.17, 15) is 9.18 Å². The summed E-state index contributed by atoms with van der Waals surface area (Å²) >= 11 is 1.48. The number of halogens is 1. The molecular weight excluding hydrogens is 311 g/mol. The number of carbonyl (C=O) groups excluding carboxylic acids is 1. The average molecular weight is 324 g/mol. The van der Waals surface area contributed by atoms with E-state index in [1.165, 1.54) is 23.5 Å². The maximum Gasteiger partial charge on any atom is 0.231 e. The smallest absolute Gasteiger partial charge is 0.231 e. The van der Waals surface area contributed by atoms with Crippen LogP contribution in [0.2, 0.25) is 0 Å². The van der Waals surface area contributed by atoms with Gasteiger partial charge in [-0.05, 0) is 36.8 Å². The average Bonchev–Trinajstić information content (AvgIpc) is 3.14. The summed E-state index contributed by atoms with van der Waals surface area (Å²) in [5, 5.41) is 5.60. The number of rotatable bonds is 2. The lowest BCUT2D eigenvalue weighted by Gasteiger charge is -2.04. The van der Waals surface area contributed by atoms with Gasteiger partial charge in [0.05, 0.1) is 11.6 Å². The Morgan fingerprint density at radius 3 is 2.87 bits per heavy atom. The lowest BCUT2D eigenvalue weighted by molar-refractivity contribution is -0.116. The molecule has 0 fully saturated rings. The number of aromatic nitrogens is 1. The van der Waals surface area contributed by atoms with Crippen molar-refractivity contribution in [3.8, 4) is 21.8 Å². The Morgan fingerprint density at radius 1 is 1.17 bits per heavy atom. The van der Waals surface area contributed by atoms with Gasteiger partial charge in [0.25, 0.3) is 0 Å². The number of thiazole rings is 1. The molecule has 4 rings (SSSR count). The standard InChI is InChI=1S/C18H13FN2OS/c1-10-14-8-11(5-6-15(14)20-17(10)22)16-9-23-18(21-16)12-3-2-4-13(19)7-12/h2-10H,1H3,(H,20,22)/t10-/m1/s1. The number of nitrogens with zero attached hydrogens (tertiary/aromatic N) is 1. The van der Waals surface area contributed by atoms with E-state index in [0.29, 0.717) is 0 Å². The summed E-state index contributed by atoms with van der Waals surface area (Å²) in [6.07, 6.45) is 0. The molecule has 1 aromatic heterocycles. The molecule has 1 N–H and O–H groups in total. The molecule has 1 atom stereocenters. The van der Waals surface area contributed by atoms with Crippen LogP contribution >= 0.6 is 11.3 Å². The number of fused-ring (bicyclic) bond motifs is 1. The van der Waals surface area contributed by atoms with E-state index in [1.54, 1.807) is 6.07 Å². The van der Waals surface area contributed by atoms with Crippen LogP contribution in [0.4, 0.5) is 10.1 Å². The minimum atomic E-state index is -0.268. The van der Waals surface area contributed by atoms with Crippen LogP contribution in [0.1, 0.15) is 18.4 Å². The molecular formula is C18H13FN2OS. The highest BCUT2D eigenvalue weighted by atomic mass is 32.1. The number of carbonyl (C=O) groups is 1. The van der Waals surface area contributed by atoms with Crippen LogP contribution in [0.5, 0.6) is 0 Å². The fourth-order valence-electron chi connectivity index (χ4n) is 2.74. The minimum Gasteiger partial charge on any atom is -0.325 e. The second kappa shape index (κ2) is 5.28. The zero-order valence-electron chi connectivity index (χ0n) is 12.3. The van der Waals surface area contributed by atoms with E-state index >= 15 is 0 Å². The molecule has 0 radical (unpaired) electrons. The van der Waals surface area contributed by atoms with Gasteiger partial charge in [0, 0.05) is 22.2 Å². The van der Waals surface area contributed by atoms with Crippen LogP contribution < -0.4 is 5.32 Å². The van der Waals surface area contributed by atoms with Gasteiger partial charge in [-0.25, -0.2) is 9.37 Å². The Balaban J connectivity index is 1.72. The molecule has 1 aliphatic rings. The summed E-state index contributed by atoms with van der Waals surface area (Å²) in [4.78, 5) is 16.3. The molecule has 0 bridgehead atoms. The number of hydrogen-bond acceptors (Lipinski definition) is 3. The summed E-state index contributed by atoms with van der Waals surface area (Å²) in [5.74, 6) is -0.391. The monoisotopic (exact) mass is 324 g/mol. The Kier molecular flexibility index (Phi) is 3.23. The van der Waals surface area contributed by atoms with Crippen LogP contribution in [-0.4, -0.2) is 10.9 Å². The second-order valence-electron chi connectivity index (χ2n) is 5.56. The summed E-state index contributed by atoms with van der Waals surface area (Å²) in [6, 6.07) is 12.3. The fraction of sp³-hybridized carbons (Fsp3) is 0.111. The van der Waals surface area contributed by atoms with Gasteiger partial charge >= 0.3 is 0 Å². The molecule has 3 nitrogen and oxygen atoms in total. The van der Waals surface area contributed by atoms with Crippen LogP contribution in [0.3, 0.4) is 0 Å². The lowest BCUT2D eigenvalue weighted by atomic mass is 9.99. The molecule has 2 aromatic carbocycles. The van der Waals surface area contributed by atoms with Gasteiger partial charge in [-0.3, -0.25) is 4.79 Å². The predicted molar refractivity (Wildman–Crippen MR) is 90.0 cm³/mol. The first-order valence-corrected chi connectivity index (χ1v) is 8.16. The molecule has 0 aliphatic carbocycles. The predicted octanol–water partition coefficient (Wildman–Crippen LogP) is 4.67. The summed E-state index contributed by atoms with van der Waals surface area (Å²) in [5.41, 5.74) is 4.43. The summed E-state index contributed by atoms with van der Waals surface area (Å²) in [6.45, 7) is 1.89. The van der Waals surface area contributed by atoms with Crippen LogP contribution in [-0.2, 0) is 4.79 Å². The Labute approximate surface area is 136 Å². The summed E-state index contributed by atoms with van der Waals surface area (Å²) < 4.78 is 13.4. The molecule has 114 valence electrons. The van der Waals surface area contributed by atoms with Gasteiger partial charge in [-0.2, -0.15) is 0 Å². The Morgan fingerprint density at radius 2 is 2.04 bits per heavy atom. The zero-order chi connectivity index (χ0) is 16.0. The number of amides is 1. The molecule has 5 heteroatoms. The first-order chi connectivity index (χ1) is 11.1. The van der Waals surface area contributed by atoms with Crippen molar-refractivity contribution < 1.29 is 9.18 Å². The van der Waals surface area contributed by atoms with Gasteiger partial charge in [0.1, 0.15) is 10.8 Å². The largest absolute Gasteiger partial charge is 0.325 e. The van der Waals surface area contributed by atoms with E-state index < -0.39 is 0 Å². The first kappa shape index (κ1) is 14.1. The van der Waals surface area contributed by atoms with Gasteiger partial charge in [0.15, 0.2) is 0 Å². The van der Waals surface area contributed by atoms with Crippen molar-refractivity contribution in [2.24, 2.45) is 0 Å². The third-order valence-electron chi connectivity index (χ3n) is 4.04. The van der Waals surface area contributed by atoms with E-state index in [2.05, 4.69) is 10.3 Å². The zero-order valence-corrected chi connectivity index (χ0v) is 13.2. The van der Waals surface area contributed by atoms with Crippen LogP contribution in [0.25, 0.3) is 21.8 Å². The number of hydrogen-bond donors (Lipinski definition) is 1. The number of nitrogens with one attached hydrogen (secondary N) is 1. The molecule has 23 heavy (non-hydrogen) atoms. The SMILES string of the molecule is C[C@H]1C(=O)Nc2ccc(-c3csc(-c4cccc(F)c4)n3)cc21. The van der Waals surface area contributed by atoms with Crippen LogP contribution in [0, 0.1) is 5.82 Å². The topological polar surface area (TPSA) is 42.0 Å². The lowest BCUT2D eigenvalue weighted by Crippen LogP contribution is -2.08. The second-order valence-corrected chi connectivity index (χ2v) is 6.42. The normalized spacial score (nSPS) is 16.3. The molecule has 0 saturated carbocycles. The molecule has 2 heterocycles. The van der Waals surface area contributed by atoms with Crippen molar-refractivity contribution in [1.29, 1.82) is 0 Å². The van der Waals surface area contributed by atoms with Crippen molar-refractivity contribution in [1.82, 2.24) is 4.98 Å². The van der Waals surface area contributed by atoms with Gasteiger partial charge in [0.2, 0.25) is 5.91 Å². The van der Waals surface area contributed by atoms with E-state index in [1.807, 2.05) is 36.6 Å². The number of benzene rings is 2. The molecule has 0 saturated heterocycles.